The van der Waals surface area contributed by atoms with E-state index in [0.717, 1.165) is 49.2 Å². The Labute approximate surface area is 327 Å². The maximum absolute atomic E-state index is 12.1. The first-order valence-electron chi connectivity index (χ1n) is 19.4. The van der Waals surface area contributed by atoms with Crippen LogP contribution in [0.3, 0.4) is 0 Å². The predicted octanol–water partition coefficient (Wildman–Crippen LogP) is 11.1. The van der Waals surface area contributed by atoms with E-state index < -0.39 is 10.1 Å². The van der Waals surface area contributed by atoms with Gasteiger partial charge in [-0.2, -0.15) is 13.0 Å². The zero-order chi connectivity index (χ0) is 38.7. The number of anilines is 1. The smallest absolute Gasteiger partial charge is 0.264 e. The highest BCUT2D eigenvalue weighted by Crippen LogP contribution is 2.49. The normalized spacial score (nSPS) is 19.4. The van der Waals surface area contributed by atoms with Crippen molar-refractivity contribution in [2.45, 2.75) is 102 Å². The number of ketones is 1. The monoisotopic (exact) mass is 763 g/mol. The highest BCUT2D eigenvalue weighted by atomic mass is 32.2. The summed E-state index contributed by atoms with van der Waals surface area (Å²) in [6, 6.07) is 25.3. The first-order valence-corrected chi connectivity index (χ1v) is 21.8. The van der Waals surface area contributed by atoms with Gasteiger partial charge in [-0.3, -0.25) is 9.35 Å². The van der Waals surface area contributed by atoms with Crippen LogP contribution in [-0.4, -0.2) is 47.9 Å². The number of benzene rings is 3. The molecule has 3 aliphatic rings. The van der Waals surface area contributed by atoms with Crippen LogP contribution < -0.4 is 4.90 Å². The largest absolute Gasteiger partial charge is 0.344 e. The number of nitrogens with zero attached hydrogens (tertiary/aromatic N) is 2. The number of para-hydroxylation sites is 2. The van der Waals surface area contributed by atoms with E-state index in [2.05, 4.69) is 129 Å². The molecule has 0 spiro atoms. The molecule has 0 atom stereocenters. The molecule has 1 N–H and O–H groups in total. The van der Waals surface area contributed by atoms with E-state index in [1.807, 2.05) is 12.1 Å². The Morgan fingerprint density at radius 3 is 2.28 bits per heavy atom. The summed E-state index contributed by atoms with van der Waals surface area (Å²) in [5, 5.41) is 0. The lowest BCUT2D eigenvalue weighted by Gasteiger charge is -2.27. The van der Waals surface area contributed by atoms with Crippen LogP contribution in [0.4, 0.5) is 11.4 Å². The van der Waals surface area contributed by atoms with Crippen LogP contribution in [0.25, 0.3) is 0 Å². The molecule has 6 nitrogen and oxygen atoms in total. The van der Waals surface area contributed by atoms with Crippen molar-refractivity contribution in [1.82, 2.24) is 0 Å². The van der Waals surface area contributed by atoms with Crippen LogP contribution in [0.2, 0.25) is 0 Å². The summed E-state index contributed by atoms with van der Waals surface area (Å²) in [6.45, 7) is 14.7. The van der Waals surface area contributed by atoms with E-state index in [1.165, 1.54) is 44.3 Å². The number of thioether (sulfide) groups is 1. The second-order valence-electron chi connectivity index (χ2n) is 15.8. The SMILES string of the molecule is CCCCN1/C(=C/C=C2\CCCC(/C=C/C3=[N+](CCCCS(=O)(=O)O)c4ccccc4C3(C)C)=C2Sc2ccc(C(C)=O)cc2)C(C)(C)c2ccccc21. The van der Waals surface area contributed by atoms with Gasteiger partial charge in [-0.1, -0.05) is 99.6 Å². The van der Waals surface area contributed by atoms with E-state index in [-0.39, 0.29) is 22.4 Å². The molecule has 0 saturated carbocycles. The van der Waals surface area contributed by atoms with Gasteiger partial charge in [-0.25, -0.2) is 0 Å². The molecule has 2 heterocycles. The van der Waals surface area contributed by atoms with Crippen LogP contribution >= 0.6 is 11.8 Å². The van der Waals surface area contributed by atoms with Crippen LogP contribution in [0.5, 0.6) is 0 Å². The topological polar surface area (TPSA) is 77.7 Å². The Kier molecular flexibility index (Phi) is 12.1. The Bertz CT molecular complexity index is 2170. The van der Waals surface area contributed by atoms with Gasteiger partial charge in [0.2, 0.25) is 5.69 Å². The minimum atomic E-state index is -4.00. The summed E-state index contributed by atoms with van der Waals surface area (Å²) >= 11 is 1.78. The van der Waals surface area contributed by atoms with Crippen LogP contribution in [0, 0.1) is 0 Å². The Morgan fingerprint density at radius 1 is 0.870 bits per heavy atom. The molecule has 0 unspecified atom stereocenters. The quantitative estimate of drug-likeness (QED) is 0.0762. The van der Waals surface area contributed by atoms with Gasteiger partial charge in [0.15, 0.2) is 11.5 Å². The Balaban J connectivity index is 1.43. The summed E-state index contributed by atoms with van der Waals surface area (Å²) in [5.41, 5.74) is 10.5. The van der Waals surface area contributed by atoms with E-state index in [1.54, 1.807) is 18.7 Å². The second kappa shape index (κ2) is 16.4. The molecule has 8 heteroatoms. The first-order chi connectivity index (χ1) is 25.7. The molecule has 6 rings (SSSR count). The highest BCUT2D eigenvalue weighted by molar-refractivity contribution is 8.03. The van der Waals surface area contributed by atoms with Crippen molar-refractivity contribution in [3.05, 3.63) is 136 Å². The zero-order valence-corrected chi connectivity index (χ0v) is 34.3. The maximum Gasteiger partial charge on any atom is 0.264 e. The minimum absolute atomic E-state index is 0.0619. The van der Waals surface area contributed by atoms with Crippen molar-refractivity contribution < 1.29 is 22.3 Å². The van der Waals surface area contributed by atoms with Crippen molar-refractivity contribution in [2.24, 2.45) is 0 Å². The number of hydrogen-bond donors (Lipinski definition) is 1. The van der Waals surface area contributed by atoms with Gasteiger partial charge in [0.05, 0.1) is 11.2 Å². The van der Waals surface area contributed by atoms with Crippen molar-refractivity contribution in [3.63, 3.8) is 0 Å². The molecule has 2 aliphatic heterocycles. The zero-order valence-electron chi connectivity index (χ0n) is 32.7. The number of allylic oxidation sites excluding steroid dienone is 7. The Morgan fingerprint density at radius 2 is 1.57 bits per heavy atom. The lowest BCUT2D eigenvalue weighted by molar-refractivity contribution is -0.438. The molecule has 284 valence electrons. The average Bonchev–Trinajstić information content (AvgIpc) is 3.49. The van der Waals surface area contributed by atoms with E-state index >= 15 is 0 Å². The number of Topliss-reactive ketones (excluding diaryl/α,β-unsaturated/α-hetero) is 1. The first kappa shape index (κ1) is 39.7. The van der Waals surface area contributed by atoms with Crippen molar-refractivity contribution in [2.75, 3.05) is 23.7 Å². The molecule has 0 amide bonds. The molecular weight excluding hydrogens is 709 g/mol. The van der Waals surface area contributed by atoms with Gasteiger partial charge in [0, 0.05) is 62.8 Å². The summed E-state index contributed by atoms with van der Waals surface area (Å²) in [7, 11) is -4.00. The van der Waals surface area contributed by atoms with Crippen LogP contribution in [0.15, 0.2) is 124 Å². The molecule has 3 aromatic carbocycles. The van der Waals surface area contributed by atoms with Gasteiger partial charge in [0.25, 0.3) is 10.1 Å². The molecule has 0 saturated heterocycles. The molecular formula is C46H55N2O4S2+. The minimum Gasteiger partial charge on any atom is -0.344 e. The summed E-state index contributed by atoms with van der Waals surface area (Å²) in [4.78, 5) is 17.0. The maximum atomic E-state index is 12.1. The third-order valence-corrected chi connectivity index (χ3v) is 13.2. The van der Waals surface area contributed by atoms with Gasteiger partial charge < -0.3 is 4.90 Å². The van der Waals surface area contributed by atoms with Crippen LogP contribution in [0.1, 0.15) is 108 Å². The third kappa shape index (κ3) is 8.46. The van der Waals surface area contributed by atoms with Gasteiger partial charge in [0.1, 0.15) is 6.54 Å². The van der Waals surface area contributed by atoms with Crippen molar-refractivity contribution in [1.29, 1.82) is 0 Å². The number of fused-ring (bicyclic) bond motifs is 2. The number of rotatable bonds is 14. The molecule has 1 aliphatic carbocycles. The second-order valence-corrected chi connectivity index (χ2v) is 18.4. The lowest BCUT2D eigenvalue weighted by atomic mass is 9.81. The fraction of sp³-hybridized carbons (Fsp3) is 0.391. The molecule has 0 fully saturated rings. The Hall–Kier alpha value is -3.98. The standard InChI is InChI=1S/C46H54N2O4S2/c1-7-8-30-47-40-20-11-9-18-38(40)45(3,4)42(47)28-24-35-16-15-17-36(44(35)53-37-26-22-34(23-27-37)33(2)49)25-29-43-46(5,6)39-19-10-12-21-41(39)48(43)31-13-14-32-54(50,51)52/h9-12,18-29H,7-8,13-17,30-32H2,1-6H3/p+1. The fourth-order valence-electron chi connectivity index (χ4n) is 8.22. The van der Waals surface area contributed by atoms with Gasteiger partial charge in [-0.05, 0) is 93.9 Å². The molecule has 3 aromatic rings. The molecule has 0 bridgehead atoms. The number of hydrogen-bond acceptors (Lipinski definition) is 5. The molecule has 0 radical (unpaired) electrons. The summed E-state index contributed by atoms with van der Waals surface area (Å²) in [6.07, 6.45) is 15.6. The summed E-state index contributed by atoms with van der Waals surface area (Å²) in [5.74, 6) is -0.171. The van der Waals surface area contributed by atoms with E-state index in [4.69, 9.17) is 0 Å². The van der Waals surface area contributed by atoms with Crippen LogP contribution in [-0.2, 0) is 20.9 Å². The van der Waals surface area contributed by atoms with Gasteiger partial charge >= 0.3 is 0 Å². The molecule has 0 aromatic heterocycles. The highest BCUT2D eigenvalue weighted by Gasteiger charge is 2.44. The lowest BCUT2D eigenvalue weighted by Crippen LogP contribution is -2.28. The number of carbonyl (C=O) groups is 1. The summed E-state index contributed by atoms with van der Waals surface area (Å²) < 4.78 is 34.6. The average molecular weight is 764 g/mol. The van der Waals surface area contributed by atoms with E-state index in [9.17, 15) is 17.8 Å². The predicted molar refractivity (Wildman–Crippen MR) is 225 cm³/mol. The number of carbonyl (C=O) groups excluding carboxylic acids is 1. The molecule has 54 heavy (non-hydrogen) atoms. The van der Waals surface area contributed by atoms with Crippen molar-refractivity contribution in [3.8, 4) is 0 Å². The van der Waals surface area contributed by atoms with E-state index in [0.29, 0.717) is 24.9 Å². The third-order valence-electron chi connectivity index (χ3n) is 11.2. The van der Waals surface area contributed by atoms with Crippen molar-refractivity contribution >= 4 is 44.7 Å². The number of unbranched alkanes of at least 4 members (excludes halogenated alkanes) is 2. The van der Waals surface area contributed by atoms with Gasteiger partial charge in [-0.15, -0.1) is 0 Å². The fourth-order valence-corrected chi connectivity index (χ4v) is 9.90.